The molecule has 4 rings (SSSR count). The third kappa shape index (κ3) is 6.43. The first kappa shape index (κ1) is 22.1. The zero-order valence-electron chi connectivity index (χ0n) is 18.8. The van der Waals surface area contributed by atoms with E-state index in [1.807, 2.05) is 85.3 Å². The standard InChI is InChI=1S/C26H27N5O2/c1-19-14-20(2)31(30-19)17-22-6-5-8-23(15-22)29-26(32)28-16-21-9-11-25(12-10-21)33-18-24-7-3-4-13-27-24/h3-15H,16-18H2,1-2H3,(H2,28,29,32). The fraction of sp³-hybridized carbons (Fsp3) is 0.192. The van der Waals surface area contributed by atoms with E-state index in [9.17, 15) is 4.79 Å². The van der Waals surface area contributed by atoms with E-state index < -0.39 is 0 Å². The van der Waals surface area contributed by atoms with Gasteiger partial charge in [-0.2, -0.15) is 5.10 Å². The summed E-state index contributed by atoms with van der Waals surface area (Å²) in [4.78, 5) is 16.6. The molecular formula is C26H27N5O2. The molecule has 0 fully saturated rings. The van der Waals surface area contributed by atoms with E-state index in [0.717, 1.165) is 39.6 Å². The van der Waals surface area contributed by atoms with E-state index >= 15 is 0 Å². The fourth-order valence-electron chi connectivity index (χ4n) is 3.46. The van der Waals surface area contributed by atoms with E-state index in [4.69, 9.17) is 4.74 Å². The van der Waals surface area contributed by atoms with Crippen molar-refractivity contribution in [2.24, 2.45) is 0 Å². The molecule has 0 saturated carbocycles. The lowest BCUT2D eigenvalue weighted by Crippen LogP contribution is -2.28. The number of aryl methyl sites for hydroxylation is 2. The molecule has 0 atom stereocenters. The Labute approximate surface area is 193 Å². The van der Waals surface area contributed by atoms with Crippen LogP contribution in [0.15, 0.2) is 79.0 Å². The highest BCUT2D eigenvalue weighted by atomic mass is 16.5. The van der Waals surface area contributed by atoms with Crippen molar-refractivity contribution in [2.75, 3.05) is 5.32 Å². The van der Waals surface area contributed by atoms with Gasteiger partial charge in [0.15, 0.2) is 0 Å². The Morgan fingerprint density at radius 1 is 0.970 bits per heavy atom. The van der Waals surface area contributed by atoms with Crippen LogP contribution in [0.3, 0.4) is 0 Å². The Morgan fingerprint density at radius 2 is 1.82 bits per heavy atom. The number of hydrogen-bond donors (Lipinski definition) is 2. The lowest BCUT2D eigenvalue weighted by molar-refractivity contribution is 0.251. The molecule has 0 aliphatic carbocycles. The number of nitrogens with one attached hydrogen (secondary N) is 2. The number of hydrogen-bond acceptors (Lipinski definition) is 4. The fourth-order valence-corrected chi connectivity index (χ4v) is 3.46. The smallest absolute Gasteiger partial charge is 0.319 e. The molecule has 7 nitrogen and oxygen atoms in total. The molecule has 2 amide bonds. The number of carbonyl (C=O) groups is 1. The second-order valence-corrected chi connectivity index (χ2v) is 7.85. The average Bonchev–Trinajstić information content (AvgIpc) is 3.14. The first-order chi connectivity index (χ1) is 16.0. The average molecular weight is 442 g/mol. The van der Waals surface area contributed by atoms with Gasteiger partial charge in [-0.1, -0.05) is 30.3 Å². The normalized spacial score (nSPS) is 10.6. The molecule has 0 aliphatic heterocycles. The lowest BCUT2D eigenvalue weighted by atomic mass is 10.2. The number of ether oxygens (including phenoxy) is 1. The number of urea groups is 1. The number of amides is 2. The van der Waals surface area contributed by atoms with Crippen molar-refractivity contribution < 1.29 is 9.53 Å². The first-order valence-electron chi connectivity index (χ1n) is 10.8. The third-order valence-corrected chi connectivity index (χ3v) is 5.11. The van der Waals surface area contributed by atoms with Crippen molar-refractivity contribution in [1.29, 1.82) is 0 Å². The number of carbonyl (C=O) groups excluding carboxylic acids is 1. The van der Waals surface area contributed by atoms with Gasteiger partial charge in [0.05, 0.1) is 17.9 Å². The van der Waals surface area contributed by atoms with Crippen molar-refractivity contribution in [3.05, 3.63) is 107 Å². The van der Waals surface area contributed by atoms with Gasteiger partial charge >= 0.3 is 6.03 Å². The highest BCUT2D eigenvalue weighted by Crippen LogP contribution is 2.15. The van der Waals surface area contributed by atoms with Crippen LogP contribution in [0.1, 0.15) is 28.2 Å². The van der Waals surface area contributed by atoms with Crippen LogP contribution in [0.5, 0.6) is 5.75 Å². The largest absolute Gasteiger partial charge is 0.487 e. The summed E-state index contributed by atoms with van der Waals surface area (Å²) in [5, 5.41) is 10.3. The summed E-state index contributed by atoms with van der Waals surface area (Å²) in [5.74, 6) is 0.758. The molecule has 7 heteroatoms. The first-order valence-corrected chi connectivity index (χ1v) is 10.8. The van der Waals surface area contributed by atoms with E-state index in [2.05, 4.69) is 26.8 Å². The van der Waals surface area contributed by atoms with Crippen molar-refractivity contribution in [2.45, 2.75) is 33.5 Å². The number of benzene rings is 2. The minimum atomic E-state index is -0.256. The number of pyridine rings is 1. The van der Waals surface area contributed by atoms with Crippen LogP contribution >= 0.6 is 0 Å². The quantitative estimate of drug-likeness (QED) is 0.410. The van der Waals surface area contributed by atoms with Crippen LogP contribution in [0.4, 0.5) is 10.5 Å². The van der Waals surface area contributed by atoms with Gasteiger partial charge in [-0.05, 0) is 67.4 Å². The SMILES string of the molecule is Cc1cc(C)n(Cc2cccc(NC(=O)NCc3ccc(OCc4ccccn4)cc3)c2)n1. The summed E-state index contributed by atoms with van der Waals surface area (Å²) >= 11 is 0. The molecular weight excluding hydrogens is 414 g/mol. The van der Waals surface area contributed by atoms with Gasteiger partial charge in [0.25, 0.3) is 0 Å². The Balaban J connectivity index is 1.25. The van der Waals surface area contributed by atoms with Gasteiger partial charge < -0.3 is 15.4 Å². The number of aromatic nitrogens is 3. The zero-order valence-corrected chi connectivity index (χ0v) is 18.8. The lowest BCUT2D eigenvalue weighted by Gasteiger charge is -2.11. The van der Waals surface area contributed by atoms with E-state index in [1.54, 1.807) is 6.20 Å². The maximum atomic E-state index is 12.4. The van der Waals surface area contributed by atoms with Crippen LogP contribution in [0, 0.1) is 13.8 Å². The van der Waals surface area contributed by atoms with Gasteiger partial charge in [-0.3, -0.25) is 9.67 Å². The van der Waals surface area contributed by atoms with Crippen LogP contribution in [0.2, 0.25) is 0 Å². The number of nitrogens with zero attached hydrogens (tertiary/aromatic N) is 3. The summed E-state index contributed by atoms with van der Waals surface area (Å²) in [6, 6.07) is 23.0. The van der Waals surface area contributed by atoms with E-state index in [1.165, 1.54) is 0 Å². The Bertz CT molecular complexity index is 1200. The van der Waals surface area contributed by atoms with Gasteiger partial charge in [-0.15, -0.1) is 0 Å². The summed E-state index contributed by atoms with van der Waals surface area (Å²) in [7, 11) is 0. The monoisotopic (exact) mass is 441 g/mol. The molecule has 0 spiro atoms. The van der Waals surface area contributed by atoms with Gasteiger partial charge in [0, 0.05) is 24.1 Å². The predicted molar refractivity (Wildman–Crippen MR) is 128 cm³/mol. The Hall–Kier alpha value is -4.13. The van der Waals surface area contributed by atoms with Crippen molar-refractivity contribution >= 4 is 11.7 Å². The van der Waals surface area contributed by atoms with Crippen molar-refractivity contribution in [3.8, 4) is 5.75 Å². The molecule has 2 aromatic carbocycles. The van der Waals surface area contributed by atoms with Crippen LogP contribution in [-0.2, 0) is 19.7 Å². The Kier molecular flexibility index (Phi) is 6.99. The van der Waals surface area contributed by atoms with Crippen molar-refractivity contribution in [1.82, 2.24) is 20.1 Å². The molecule has 33 heavy (non-hydrogen) atoms. The van der Waals surface area contributed by atoms with E-state index in [0.29, 0.717) is 19.7 Å². The maximum Gasteiger partial charge on any atom is 0.319 e. The highest BCUT2D eigenvalue weighted by molar-refractivity contribution is 5.89. The molecule has 2 aromatic heterocycles. The summed E-state index contributed by atoms with van der Waals surface area (Å²) < 4.78 is 7.70. The molecule has 0 radical (unpaired) electrons. The number of anilines is 1. The maximum absolute atomic E-state index is 12.4. The van der Waals surface area contributed by atoms with Crippen LogP contribution < -0.4 is 15.4 Å². The number of rotatable bonds is 8. The minimum absolute atomic E-state index is 0.256. The van der Waals surface area contributed by atoms with Crippen molar-refractivity contribution in [3.63, 3.8) is 0 Å². The molecule has 0 saturated heterocycles. The van der Waals surface area contributed by atoms with Gasteiger partial charge in [0.2, 0.25) is 0 Å². The topological polar surface area (TPSA) is 81.1 Å². The molecule has 0 bridgehead atoms. The van der Waals surface area contributed by atoms with E-state index in [-0.39, 0.29) is 6.03 Å². The third-order valence-electron chi connectivity index (χ3n) is 5.11. The summed E-state index contributed by atoms with van der Waals surface area (Å²) in [6.45, 7) is 5.51. The molecule has 0 aliphatic rings. The predicted octanol–water partition coefficient (Wildman–Crippen LogP) is 4.84. The Morgan fingerprint density at radius 3 is 2.55 bits per heavy atom. The second-order valence-electron chi connectivity index (χ2n) is 7.85. The highest BCUT2D eigenvalue weighted by Gasteiger charge is 2.06. The molecule has 2 N–H and O–H groups in total. The summed E-state index contributed by atoms with van der Waals surface area (Å²) in [5.41, 5.74) is 5.77. The molecule has 4 aromatic rings. The zero-order chi connectivity index (χ0) is 23.0. The van der Waals surface area contributed by atoms with Crippen LogP contribution in [-0.4, -0.2) is 20.8 Å². The molecule has 2 heterocycles. The summed E-state index contributed by atoms with van der Waals surface area (Å²) in [6.07, 6.45) is 1.75. The van der Waals surface area contributed by atoms with Crippen LogP contribution in [0.25, 0.3) is 0 Å². The van der Waals surface area contributed by atoms with Gasteiger partial charge in [-0.25, -0.2) is 4.79 Å². The molecule has 168 valence electrons. The minimum Gasteiger partial charge on any atom is -0.487 e. The molecule has 0 unspecified atom stereocenters. The van der Waals surface area contributed by atoms with Gasteiger partial charge in [0.1, 0.15) is 12.4 Å². The second kappa shape index (κ2) is 10.5.